The quantitative estimate of drug-likeness (QED) is 0.774. The summed E-state index contributed by atoms with van der Waals surface area (Å²) in [5.74, 6) is 0.677. The molecule has 0 unspecified atom stereocenters. The standard InChI is InChI=1S/C15H15N5/c1-15(2,8-16)14-17-7-12(19-14)10-4-5-13-11(6-10)18-9-20(13)3/h4-7,9H,1-3H3,(H,17,19). The Bertz CT molecular complexity index is 816. The number of aromatic nitrogens is 4. The molecule has 0 radical (unpaired) electrons. The number of hydrogen-bond donors (Lipinski definition) is 1. The van der Waals surface area contributed by atoms with Crippen molar-refractivity contribution >= 4 is 11.0 Å². The molecule has 5 heteroatoms. The average molecular weight is 265 g/mol. The largest absolute Gasteiger partial charge is 0.341 e. The van der Waals surface area contributed by atoms with E-state index in [1.165, 1.54) is 0 Å². The van der Waals surface area contributed by atoms with Gasteiger partial charge in [0.2, 0.25) is 0 Å². The zero-order valence-corrected chi connectivity index (χ0v) is 11.7. The van der Waals surface area contributed by atoms with E-state index in [1.54, 1.807) is 12.5 Å². The van der Waals surface area contributed by atoms with Crippen molar-refractivity contribution < 1.29 is 0 Å². The van der Waals surface area contributed by atoms with Gasteiger partial charge in [0.25, 0.3) is 0 Å². The molecule has 0 aliphatic heterocycles. The van der Waals surface area contributed by atoms with Gasteiger partial charge in [0, 0.05) is 12.6 Å². The van der Waals surface area contributed by atoms with Gasteiger partial charge >= 0.3 is 0 Å². The Morgan fingerprint density at radius 3 is 2.85 bits per heavy atom. The van der Waals surface area contributed by atoms with Crippen molar-refractivity contribution in [2.75, 3.05) is 0 Å². The fourth-order valence-corrected chi connectivity index (χ4v) is 2.14. The summed E-state index contributed by atoms with van der Waals surface area (Å²) < 4.78 is 1.98. The van der Waals surface area contributed by atoms with Crippen LogP contribution in [0.4, 0.5) is 0 Å². The molecule has 0 fully saturated rings. The van der Waals surface area contributed by atoms with E-state index in [0.717, 1.165) is 22.3 Å². The highest BCUT2D eigenvalue weighted by Gasteiger charge is 2.23. The molecule has 3 aromatic rings. The van der Waals surface area contributed by atoms with Gasteiger partial charge in [-0.05, 0) is 26.0 Å². The number of fused-ring (bicyclic) bond motifs is 1. The molecule has 1 aromatic carbocycles. The van der Waals surface area contributed by atoms with Crippen molar-refractivity contribution in [3.8, 4) is 17.3 Å². The summed E-state index contributed by atoms with van der Waals surface area (Å²) in [7, 11) is 1.97. The molecule has 2 aromatic heterocycles. The molecule has 0 atom stereocenters. The average Bonchev–Trinajstić information content (AvgIpc) is 3.06. The summed E-state index contributed by atoms with van der Waals surface area (Å²) in [6, 6.07) is 8.33. The SMILES string of the molecule is Cn1cnc2cc(-c3cnc(C(C)(C)C#N)[nH]3)ccc21. The molecule has 100 valence electrons. The van der Waals surface area contributed by atoms with Crippen LogP contribution in [0.1, 0.15) is 19.7 Å². The topological polar surface area (TPSA) is 70.3 Å². The summed E-state index contributed by atoms with van der Waals surface area (Å²) in [6.07, 6.45) is 3.56. The molecule has 5 nitrogen and oxygen atoms in total. The summed E-state index contributed by atoms with van der Waals surface area (Å²) in [4.78, 5) is 11.9. The number of imidazole rings is 2. The summed E-state index contributed by atoms with van der Waals surface area (Å²) in [5.41, 5.74) is 3.33. The first kappa shape index (κ1) is 12.4. The van der Waals surface area contributed by atoms with Crippen LogP contribution in [-0.4, -0.2) is 19.5 Å². The minimum Gasteiger partial charge on any atom is -0.341 e. The first-order valence-electron chi connectivity index (χ1n) is 6.39. The number of aromatic amines is 1. The van der Waals surface area contributed by atoms with Gasteiger partial charge in [-0.25, -0.2) is 9.97 Å². The Labute approximate surface area is 116 Å². The van der Waals surface area contributed by atoms with Gasteiger partial charge in [-0.1, -0.05) is 6.07 Å². The van der Waals surface area contributed by atoms with Crippen molar-refractivity contribution in [3.63, 3.8) is 0 Å². The Hall–Kier alpha value is -2.61. The Kier molecular flexibility index (Phi) is 2.61. The van der Waals surface area contributed by atoms with E-state index in [-0.39, 0.29) is 0 Å². The lowest BCUT2D eigenvalue weighted by atomic mass is 9.95. The number of benzene rings is 1. The third kappa shape index (κ3) is 1.86. The fraction of sp³-hybridized carbons (Fsp3) is 0.267. The highest BCUT2D eigenvalue weighted by Crippen LogP contribution is 2.25. The Morgan fingerprint density at radius 2 is 2.10 bits per heavy atom. The van der Waals surface area contributed by atoms with Crippen LogP contribution >= 0.6 is 0 Å². The second kappa shape index (κ2) is 4.20. The first-order chi connectivity index (χ1) is 9.51. The molecule has 3 rings (SSSR count). The number of nitriles is 1. The number of nitrogens with zero attached hydrogens (tertiary/aromatic N) is 4. The fourth-order valence-electron chi connectivity index (χ4n) is 2.14. The highest BCUT2D eigenvalue weighted by atomic mass is 15.0. The van der Waals surface area contributed by atoms with Gasteiger partial charge in [-0.3, -0.25) is 0 Å². The van der Waals surface area contributed by atoms with E-state index < -0.39 is 5.41 Å². The lowest BCUT2D eigenvalue weighted by molar-refractivity contribution is 0.640. The number of H-pyrrole nitrogens is 1. The number of nitrogens with one attached hydrogen (secondary N) is 1. The Morgan fingerprint density at radius 1 is 1.30 bits per heavy atom. The predicted octanol–water partition coefficient (Wildman–Crippen LogP) is 2.76. The van der Waals surface area contributed by atoms with Gasteiger partial charge < -0.3 is 9.55 Å². The monoisotopic (exact) mass is 265 g/mol. The molecule has 0 aliphatic carbocycles. The van der Waals surface area contributed by atoms with Gasteiger partial charge in [-0.15, -0.1) is 0 Å². The van der Waals surface area contributed by atoms with Gasteiger partial charge in [-0.2, -0.15) is 5.26 Å². The summed E-state index contributed by atoms with van der Waals surface area (Å²) in [6.45, 7) is 3.69. The van der Waals surface area contributed by atoms with Crippen LogP contribution in [-0.2, 0) is 12.5 Å². The van der Waals surface area contributed by atoms with Crippen molar-refractivity contribution in [2.24, 2.45) is 7.05 Å². The third-order valence-electron chi connectivity index (χ3n) is 3.48. The number of aryl methyl sites for hydroxylation is 1. The molecule has 20 heavy (non-hydrogen) atoms. The minimum atomic E-state index is -0.618. The number of hydrogen-bond acceptors (Lipinski definition) is 3. The molecular weight excluding hydrogens is 250 g/mol. The van der Waals surface area contributed by atoms with Gasteiger partial charge in [0.1, 0.15) is 11.2 Å². The van der Waals surface area contributed by atoms with Crippen molar-refractivity contribution in [2.45, 2.75) is 19.3 Å². The maximum atomic E-state index is 9.15. The lowest BCUT2D eigenvalue weighted by Crippen LogP contribution is -2.15. The van der Waals surface area contributed by atoms with Gasteiger partial charge in [0.15, 0.2) is 0 Å². The van der Waals surface area contributed by atoms with Crippen molar-refractivity contribution in [3.05, 3.63) is 36.5 Å². The lowest BCUT2D eigenvalue weighted by Gasteiger charge is -2.10. The molecule has 2 heterocycles. The summed E-state index contributed by atoms with van der Waals surface area (Å²) >= 11 is 0. The third-order valence-corrected chi connectivity index (χ3v) is 3.48. The maximum absolute atomic E-state index is 9.15. The molecular formula is C15H15N5. The van der Waals surface area contributed by atoms with Gasteiger partial charge in [0.05, 0.1) is 35.3 Å². The van der Waals surface area contributed by atoms with Crippen molar-refractivity contribution in [1.29, 1.82) is 5.26 Å². The minimum absolute atomic E-state index is 0.618. The second-order valence-corrected chi connectivity index (χ2v) is 5.44. The number of rotatable bonds is 2. The maximum Gasteiger partial charge on any atom is 0.126 e. The smallest absolute Gasteiger partial charge is 0.126 e. The molecule has 0 bridgehead atoms. The van der Waals surface area contributed by atoms with E-state index in [2.05, 4.69) is 21.0 Å². The van der Waals surface area contributed by atoms with E-state index >= 15 is 0 Å². The zero-order valence-electron chi connectivity index (χ0n) is 11.7. The molecule has 0 amide bonds. The van der Waals surface area contributed by atoms with Crippen LogP contribution in [0.2, 0.25) is 0 Å². The highest BCUT2D eigenvalue weighted by molar-refractivity contribution is 5.81. The second-order valence-electron chi connectivity index (χ2n) is 5.44. The van der Waals surface area contributed by atoms with E-state index in [4.69, 9.17) is 5.26 Å². The van der Waals surface area contributed by atoms with Crippen LogP contribution in [0.3, 0.4) is 0 Å². The summed E-state index contributed by atoms with van der Waals surface area (Å²) in [5, 5.41) is 9.15. The van der Waals surface area contributed by atoms with E-state index in [1.807, 2.05) is 43.7 Å². The van der Waals surface area contributed by atoms with Crippen LogP contribution in [0.25, 0.3) is 22.3 Å². The van der Waals surface area contributed by atoms with Crippen LogP contribution in [0, 0.1) is 11.3 Å². The Balaban J connectivity index is 2.06. The molecule has 0 aliphatic rings. The van der Waals surface area contributed by atoms with Crippen molar-refractivity contribution in [1.82, 2.24) is 19.5 Å². The normalized spacial score (nSPS) is 11.7. The van der Waals surface area contributed by atoms with Crippen LogP contribution < -0.4 is 0 Å². The van der Waals surface area contributed by atoms with Crippen LogP contribution in [0.5, 0.6) is 0 Å². The molecule has 0 spiro atoms. The van der Waals surface area contributed by atoms with E-state index in [9.17, 15) is 0 Å². The first-order valence-corrected chi connectivity index (χ1v) is 6.39. The molecule has 0 saturated heterocycles. The van der Waals surface area contributed by atoms with E-state index in [0.29, 0.717) is 5.82 Å². The molecule has 1 N–H and O–H groups in total. The molecule has 0 saturated carbocycles. The zero-order chi connectivity index (χ0) is 14.3. The van der Waals surface area contributed by atoms with Crippen LogP contribution in [0.15, 0.2) is 30.7 Å². The predicted molar refractivity (Wildman–Crippen MR) is 76.9 cm³/mol.